The molecule has 2 N–H and O–H groups in total. The molecule has 1 aliphatic heterocycles. The van der Waals surface area contributed by atoms with Crippen molar-refractivity contribution in [1.29, 1.82) is 0 Å². The average molecular weight is 492 g/mol. The number of hydrogen-bond acceptors (Lipinski definition) is 5. The number of rotatable bonds is 5. The zero-order valence-corrected chi connectivity index (χ0v) is 18.4. The van der Waals surface area contributed by atoms with Crippen LogP contribution in [0, 0.1) is 0 Å². The summed E-state index contributed by atoms with van der Waals surface area (Å²) in [7, 11) is -3.92. The number of amides is 1. The number of halogens is 3. The van der Waals surface area contributed by atoms with Crippen LogP contribution in [0.25, 0.3) is 0 Å². The third kappa shape index (κ3) is 5.42. The second kappa shape index (κ2) is 9.26. The number of fused-ring (bicyclic) bond motifs is 1. The minimum Gasteiger partial charge on any atom is -0.490 e. The molecule has 0 aromatic heterocycles. The molecule has 4 rings (SSSR count). The summed E-state index contributed by atoms with van der Waals surface area (Å²) in [5, 5.41) is 2.55. The molecular weight excluding hydrogens is 473 g/mol. The van der Waals surface area contributed by atoms with Crippen LogP contribution in [0.5, 0.6) is 11.5 Å². The third-order valence-corrected chi connectivity index (χ3v) is 6.28. The molecule has 0 saturated carbocycles. The smallest absolute Gasteiger partial charge is 0.416 e. The summed E-state index contributed by atoms with van der Waals surface area (Å²) in [5.41, 5.74) is -0.218. The van der Waals surface area contributed by atoms with Gasteiger partial charge in [-0.1, -0.05) is 0 Å². The number of benzene rings is 3. The molecule has 34 heavy (non-hydrogen) atoms. The Hall–Kier alpha value is -3.73. The standard InChI is InChI=1S/C23H19F3N2O5S/c24-23(25,26)16-4-2-15(3-5-16)22(29)27-17-6-8-18(9-7-17)28-34(30,31)19-10-11-20-21(14-19)33-13-1-12-32-20/h2-11,14,28H,1,12-13H2,(H,27,29). The molecule has 1 heterocycles. The first-order valence-electron chi connectivity index (χ1n) is 10.1. The van der Waals surface area contributed by atoms with Gasteiger partial charge in [0.25, 0.3) is 15.9 Å². The summed E-state index contributed by atoms with van der Waals surface area (Å²) in [6.07, 6.45) is -3.80. The molecule has 3 aromatic carbocycles. The fourth-order valence-electron chi connectivity index (χ4n) is 3.16. The molecule has 0 radical (unpaired) electrons. The quantitative estimate of drug-likeness (QED) is 0.527. The van der Waals surface area contributed by atoms with Gasteiger partial charge in [0.15, 0.2) is 11.5 Å². The van der Waals surface area contributed by atoms with Crippen LogP contribution in [0.3, 0.4) is 0 Å². The van der Waals surface area contributed by atoms with E-state index in [0.29, 0.717) is 36.8 Å². The number of anilines is 2. The van der Waals surface area contributed by atoms with E-state index < -0.39 is 27.7 Å². The lowest BCUT2D eigenvalue weighted by Crippen LogP contribution is -2.14. The van der Waals surface area contributed by atoms with Gasteiger partial charge in [-0.3, -0.25) is 9.52 Å². The molecule has 0 bridgehead atoms. The molecule has 0 spiro atoms. The minimum absolute atomic E-state index is 0.00330. The Morgan fingerprint density at radius 1 is 0.824 bits per heavy atom. The van der Waals surface area contributed by atoms with E-state index in [9.17, 15) is 26.4 Å². The maximum atomic E-state index is 12.8. The second-order valence-corrected chi connectivity index (χ2v) is 9.05. The Kier molecular flexibility index (Phi) is 6.38. The van der Waals surface area contributed by atoms with Gasteiger partial charge in [0.05, 0.1) is 23.7 Å². The summed E-state index contributed by atoms with van der Waals surface area (Å²) in [4.78, 5) is 12.3. The molecule has 0 atom stereocenters. The largest absolute Gasteiger partial charge is 0.490 e. The lowest BCUT2D eigenvalue weighted by Gasteiger charge is -2.12. The van der Waals surface area contributed by atoms with Gasteiger partial charge in [-0.25, -0.2) is 8.42 Å². The molecule has 1 amide bonds. The summed E-state index contributed by atoms with van der Waals surface area (Å²) in [5.74, 6) is 0.223. The van der Waals surface area contributed by atoms with E-state index in [1.165, 1.54) is 42.5 Å². The minimum atomic E-state index is -4.49. The first-order valence-corrected chi connectivity index (χ1v) is 11.6. The van der Waals surface area contributed by atoms with Gasteiger partial charge in [0.2, 0.25) is 0 Å². The number of carbonyl (C=O) groups is 1. The fourth-order valence-corrected chi connectivity index (χ4v) is 4.23. The second-order valence-electron chi connectivity index (χ2n) is 7.37. The van der Waals surface area contributed by atoms with Crippen molar-refractivity contribution in [2.75, 3.05) is 23.3 Å². The van der Waals surface area contributed by atoms with Gasteiger partial charge >= 0.3 is 6.18 Å². The molecule has 0 saturated heterocycles. The van der Waals surface area contributed by atoms with Crippen molar-refractivity contribution in [2.45, 2.75) is 17.5 Å². The van der Waals surface area contributed by atoms with Gasteiger partial charge in [-0.05, 0) is 60.7 Å². The van der Waals surface area contributed by atoms with Crippen LogP contribution in [0.2, 0.25) is 0 Å². The van der Waals surface area contributed by atoms with Crippen molar-refractivity contribution < 1.29 is 35.9 Å². The highest BCUT2D eigenvalue weighted by molar-refractivity contribution is 7.92. The number of ether oxygens (including phenoxy) is 2. The zero-order valence-electron chi connectivity index (χ0n) is 17.6. The van der Waals surface area contributed by atoms with Crippen LogP contribution in [0.1, 0.15) is 22.3 Å². The van der Waals surface area contributed by atoms with E-state index in [-0.39, 0.29) is 16.1 Å². The lowest BCUT2D eigenvalue weighted by molar-refractivity contribution is -0.137. The van der Waals surface area contributed by atoms with Crippen LogP contribution < -0.4 is 19.5 Å². The van der Waals surface area contributed by atoms with Crippen molar-refractivity contribution in [3.05, 3.63) is 77.9 Å². The van der Waals surface area contributed by atoms with Crippen molar-refractivity contribution in [1.82, 2.24) is 0 Å². The maximum absolute atomic E-state index is 12.8. The molecular formula is C23H19F3N2O5S. The summed E-state index contributed by atoms with van der Waals surface area (Å²) < 4.78 is 77.0. The Morgan fingerprint density at radius 3 is 2.09 bits per heavy atom. The predicted molar refractivity (Wildman–Crippen MR) is 119 cm³/mol. The monoisotopic (exact) mass is 492 g/mol. The van der Waals surface area contributed by atoms with Crippen LogP contribution in [-0.4, -0.2) is 27.5 Å². The number of alkyl halides is 3. The molecule has 11 heteroatoms. The van der Waals surface area contributed by atoms with Crippen LogP contribution in [0.4, 0.5) is 24.5 Å². The topological polar surface area (TPSA) is 93.7 Å². The zero-order chi connectivity index (χ0) is 24.3. The van der Waals surface area contributed by atoms with E-state index in [2.05, 4.69) is 10.0 Å². The van der Waals surface area contributed by atoms with Crippen molar-refractivity contribution in [2.24, 2.45) is 0 Å². The first-order chi connectivity index (χ1) is 16.1. The third-order valence-electron chi connectivity index (χ3n) is 4.90. The van der Waals surface area contributed by atoms with Crippen LogP contribution >= 0.6 is 0 Å². The SMILES string of the molecule is O=C(Nc1ccc(NS(=O)(=O)c2ccc3c(c2)OCCCO3)cc1)c1ccc(C(F)(F)F)cc1. The van der Waals surface area contributed by atoms with E-state index in [1.54, 1.807) is 0 Å². The highest BCUT2D eigenvalue weighted by atomic mass is 32.2. The van der Waals surface area contributed by atoms with Crippen LogP contribution in [0.15, 0.2) is 71.6 Å². The van der Waals surface area contributed by atoms with Gasteiger partial charge in [0.1, 0.15) is 0 Å². The fraction of sp³-hybridized carbons (Fsp3) is 0.174. The molecule has 178 valence electrons. The highest BCUT2D eigenvalue weighted by Crippen LogP contribution is 2.33. The van der Waals surface area contributed by atoms with Gasteiger partial charge in [0, 0.05) is 29.4 Å². The lowest BCUT2D eigenvalue weighted by atomic mass is 10.1. The Labute approximate surface area is 193 Å². The molecule has 0 aliphatic carbocycles. The highest BCUT2D eigenvalue weighted by Gasteiger charge is 2.30. The maximum Gasteiger partial charge on any atom is 0.416 e. The van der Waals surface area contributed by atoms with Crippen LogP contribution in [-0.2, 0) is 16.2 Å². The number of hydrogen-bond donors (Lipinski definition) is 2. The Balaban J connectivity index is 1.42. The molecule has 0 fully saturated rings. The van der Waals surface area contributed by atoms with Crippen molar-refractivity contribution in [3.63, 3.8) is 0 Å². The number of nitrogens with one attached hydrogen (secondary N) is 2. The average Bonchev–Trinajstić information content (AvgIpc) is 3.04. The summed E-state index contributed by atoms with van der Waals surface area (Å²) in [6, 6.07) is 14.0. The van der Waals surface area contributed by atoms with Gasteiger partial charge in [-0.2, -0.15) is 13.2 Å². The molecule has 1 aliphatic rings. The summed E-state index contributed by atoms with van der Waals surface area (Å²) in [6.45, 7) is 0.905. The van der Waals surface area contributed by atoms with Crippen molar-refractivity contribution >= 4 is 27.3 Å². The molecule has 3 aromatic rings. The predicted octanol–water partition coefficient (Wildman–Crippen LogP) is 4.92. The number of carbonyl (C=O) groups excluding carboxylic acids is 1. The normalized spacial score (nSPS) is 13.6. The van der Waals surface area contributed by atoms with E-state index in [4.69, 9.17) is 9.47 Å². The molecule has 0 unspecified atom stereocenters. The number of sulfonamides is 1. The van der Waals surface area contributed by atoms with Crippen molar-refractivity contribution in [3.8, 4) is 11.5 Å². The van der Waals surface area contributed by atoms with E-state index in [0.717, 1.165) is 24.3 Å². The Bertz CT molecular complexity index is 1290. The van der Waals surface area contributed by atoms with Gasteiger partial charge in [-0.15, -0.1) is 0 Å². The van der Waals surface area contributed by atoms with E-state index >= 15 is 0 Å². The first kappa shape index (κ1) is 23.4. The van der Waals surface area contributed by atoms with Gasteiger partial charge < -0.3 is 14.8 Å². The van der Waals surface area contributed by atoms with E-state index in [1.807, 2.05) is 0 Å². The summed E-state index contributed by atoms with van der Waals surface area (Å²) >= 11 is 0. The Morgan fingerprint density at radius 2 is 1.44 bits per heavy atom. The molecule has 7 nitrogen and oxygen atoms in total.